The minimum Gasteiger partial charge on any atom is -0.416 e. The molecule has 2 N–H and O–H groups in total. The van der Waals surface area contributed by atoms with E-state index in [-0.39, 0.29) is 23.7 Å². The molecule has 29 heavy (non-hydrogen) atoms. The van der Waals surface area contributed by atoms with Gasteiger partial charge in [0.05, 0.1) is 0 Å². The summed E-state index contributed by atoms with van der Waals surface area (Å²) in [6.07, 6.45) is 0. The molecule has 0 radical (unpaired) electrons. The Morgan fingerprint density at radius 2 is 1.17 bits per heavy atom. The summed E-state index contributed by atoms with van der Waals surface area (Å²) in [5.74, 6) is 0.339. The molecule has 0 aliphatic rings. The summed E-state index contributed by atoms with van der Waals surface area (Å²) in [5.41, 5.74) is 2.74. The van der Waals surface area contributed by atoms with Crippen molar-refractivity contribution in [3.05, 3.63) is 48.5 Å². The molecule has 7 heteroatoms. The Morgan fingerprint density at radius 1 is 0.759 bits per heavy atom. The standard InChI is InChI=1S/C22H24N4O3/c1-13(2)19(27)23-17-9-5-7-15(11-17)21-25-26-22(29-21)16-8-6-10-18(12-16)24-20(28)14(3)4/h5-14H,1-4H3,(H,23,27)(H,24,28). The molecule has 2 amide bonds. The summed E-state index contributed by atoms with van der Waals surface area (Å²) in [6.45, 7) is 7.34. The van der Waals surface area contributed by atoms with Gasteiger partial charge in [0.15, 0.2) is 0 Å². The molecule has 0 atom stereocenters. The number of aromatic nitrogens is 2. The Balaban J connectivity index is 1.81. The second-order valence-corrected chi connectivity index (χ2v) is 7.36. The van der Waals surface area contributed by atoms with Crippen LogP contribution in [0.15, 0.2) is 52.9 Å². The van der Waals surface area contributed by atoms with E-state index in [1.54, 1.807) is 12.1 Å². The lowest BCUT2D eigenvalue weighted by Gasteiger charge is -2.08. The summed E-state index contributed by atoms with van der Waals surface area (Å²) in [5, 5.41) is 14.0. The van der Waals surface area contributed by atoms with E-state index in [0.717, 1.165) is 0 Å². The fraction of sp³-hybridized carbons (Fsp3) is 0.273. The lowest BCUT2D eigenvalue weighted by atomic mass is 10.1. The number of hydrogen-bond acceptors (Lipinski definition) is 5. The molecule has 0 unspecified atom stereocenters. The number of carbonyl (C=O) groups is 2. The van der Waals surface area contributed by atoms with E-state index in [4.69, 9.17) is 4.42 Å². The Hall–Kier alpha value is -3.48. The van der Waals surface area contributed by atoms with Crippen LogP contribution in [0.5, 0.6) is 0 Å². The first-order valence-electron chi connectivity index (χ1n) is 9.49. The third-order valence-electron chi connectivity index (χ3n) is 4.23. The van der Waals surface area contributed by atoms with Crippen molar-refractivity contribution in [1.29, 1.82) is 0 Å². The Kier molecular flexibility index (Phi) is 6.07. The highest BCUT2D eigenvalue weighted by Gasteiger charge is 2.14. The van der Waals surface area contributed by atoms with Gasteiger partial charge in [-0.05, 0) is 36.4 Å². The quantitative estimate of drug-likeness (QED) is 0.639. The molecular formula is C22H24N4O3. The second kappa shape index (κ2) is 8.68. The first kappa shape index (κ1) is 20.3. The van der Waals surface area contributed by atoms with Crippen LogP contribution < -0.4 is 10.6 Å². The Morgan fingerprint density at radius 3 is 1.55 bits per heavy atom. The average Bonchev–Trinajstić information content (AvgIpc) is 3.18. The van der Waals surface area contributed by atoms with Gasteiger partial charge in [-0.25, -0.2) is 0 Å². The van der Waals surface area contributed by atoms with E-state index < -0.39 is 0 Å². The minimum atomic E-state index is -0.114. The van der Waals surface area contributed by atoms with E-state index in [1.807, 2.05) is 64.1 Å². The lowest BCUT2D eigenvalue weighted by molar-refractivity contribution is -0.119. The smallest absolute Gasteiger partial charge is 0.248 e. The maximum atomic E-state index is 11.9. The van der Waals surface area contributed by atoms with Crippen LogP contribution in [0.3, 0.4) is 0 Å². The summed E-state index contributed by atoms with van der Waals surface area (Å²) in [7, 11) is 0. The predicted molar refractivity (Wildman–Crippen MR) is 112 cm³/mol. The highest BCUT2D eigenvalue weighted by Crippen LogP contribution is 2.27. The van der Waals surface area contributed by atoms with E-state index in [9.17, 15) is 9.59 Å². The molecule has 1 heterocycles. The van der Waals surface area contributed by atoms with Crippen molar-refractivity contribution in [2.75, 3.05) is 10.6 Å². The van der Waals surface area contributed by atoms with E-state index >= 15 is 0 Å². The van der Waals surface area contributed by atoms with E-state index in [1.165, 1.54) is 0 Å². The van der Waals surface area contributed by atoms with Crippen molar-refractivity contribution in [1.82, 2.24) is 10.2 Å². The lowest BCUT2D eigenvalue weighted by Crippen LogP contribution is -2.17. The summed E-state index contributed by atoms with van der Waals surface area (Å²) in [4.78, 5) is 23.8. The SMILES string of the molecule is CC(C)C(=O)Nc1cccc(-c2nnc(-c3cccc(NC(=O)C(C)C)c3)o2)c1. The minimum absolute atomic E-state index is 0.0615. The van der Waals surface area contributed by atoms with Crippen molar-refractivity contribution < 1.29 is 14.0 Å². The molecule has 1 aromatic heterocycles. The van der Waals surface area contributed by atoms with Crippen LogP contribution in [-0.2, 0) is 9.59 Å². The number of nitrogens with zero attached hydrogens (tertiary/aromatic N) is 2. The third-order valence-corrected chi connectivity index (χ3v) is 4.23. The molecule has 0 aliphatic carbocycles. The number of hydrogen-bond donors (Lipinski definition) is 2. The van der Waals surface area contributed by atoms with Gasteiger partial charge in [0.1, 0.15) is 0 Å². The number of nitrogens with one attached hydrogen (secondary N) is 2. The zero-order valence-electron chi connectivity index (χ0n) is 16.9. The van der Waals surface area contributed by atoms with Crippen LogP contribution in [0.1, 0.15) is 27.7 Å². The largest absolute Gasteiger partial charge is 0.416 e. The van der Waals surface area contributed by atoms with Crippen LogP contribution in [0.2, 0.25) is 0 Å². The van der Waals surface area contributed by atoms with Crippen molar-refractivity contribution >= 4 is 23.2 Å². The number of carbonyl (C=O) groups excluding carboxylic acids is 2. The molecule has 150 valence electrons. The fourth-order valence-corrected chi connectivity index (χ4v) is 2.49. The van der Waals surface area contributed by atoms with Crippen LogP contribution >= 0.6 is 0 Å². The van der Waals surface area contributed by atoms with Crippen LogP contribution in [-0.4, -0.2) is 22.0 Å². The van der Waals surface area contributed by atoms with Gasteiger partial charge in [-0.3, -0.25) is 9.59 Å². The van der Waals surface area contributed by atoms with Gasteiger partial charge < -0.3 is 15.1 Å². The molecular weight excluding hydrogens is 368 g/mol. The Labute approximate surface area is 169 Å². The molecule has 0 fully saturated rings. The van der Waals surface area contributed by atoms with Crippen LogP contribution in [0.25, 0.3) is 22.9 Å². The van der Waals surface area contributed by atoms with Gasteiger partial charge in [0.25, 0.3) is 0 Å². The first-order valence-corrected chi connectivity index (χ1v) is 9.49. The molecule has 0 spiro atoms. The van der Waals surface area contributed by atoms with E-state index in [0.29, 0.717) is 34.3 Å². The van der Waals surface area contributed by atoms with Crippen LogP contribution in [0, 0.1) is 11.8 Å². The van der Waals surface area contributed by atoms with Crippen molar-refractivity contribution in [3.63, 3.8) is 0 Å². The van der Waals surface area contributed by atoms with Gasteiger partial charge in [0, 0.05) is 34.3 Å². The highest BCUT2D eigenvalue weighted by molar-refractivity contribution is 5.93. The molecule has 0 saturated heterocycles. The topological polar surface area (TPSA) is 97.1 Å². The number of amides is 2. The molecule has 3 aromatic rings. The van der Waals surface area contributed by atoms with Gasteiger partial charge in [-0.1, -0.05) is 39.8 Å². The summed E-state index contributed by atoms with van der Waals surface area (Å²) in [6, 6.07) is 14.5. The van der Waals surface area contributed by atoms with Gasteiger partial charge in [-0.15, -0.1) is 10.2 Å². The predicted octanol–water partition coefficient (Wildman–Crippen LogP) is 4.59. The molecule has 3 rings (SSSR count). The zero-order valence-corrected chi connectivity index (χ0v) is 16.9. The third kappa shape index (κ3) is 5.07. The maximum absolute atomic E-state index is 11.9. The molecule has 0 aliphatic heterocycles. The first-order chi connectivity index (χ1) is 13.8. The maximum Gasteiger partial charge on any atom is 0.248 e. The van der Waals surface area contributed by atoms with E-state index in [2.05, 4.69) is 20.8 Å². The Bertz CT molecular complexity index is 944. The van der Waals surface area contributed by atoms with Crippen LogP contribution in [0.4, 0.5) is 11.4 Å². The molecule has 7 nitrogen and oxygen atoms in total. The summed E-state index contributed by atoms with van der Waals surface area (Å²) >= 11 is 0. The monoisotopic (exact) mass is 392 g/mol. The average molecular weight is 392 g/mol. The van der Waals surface area contributed by atoms with Gasteiger partial charge in [0.2, 0.25) is 23.6 Å². The van der Waals surface area contributed by atoms with Gasteiger partial charge in [-0.2, -0.15) is 0 Å². The van der Waals surface area contributed by atoms with Crippen molar-refractivity contribution in [2.24, 2.45) is 11.8 Å². The number of anilines is 2. The highest BCUT2D eigenvalue weighted by atomic mass is 16.4. The number of benzene rings is 2. The second-order valence-electron chi connectivity index (χ2n) is 7.36. The molecule has 2 aromatic carbocycles. The van der Waals surface area contributed by atoms with Gasteiger partial charge >= 0.3 is 0 Å². The molecule has 0 bridgehead atoms. The molecule has 0 saturated carbocycles. The van der Waals surface area contributed by atoms with Crippen molar-refractivity contribution in [3.8, 4) is 22.9 Å². The normalized spacial score (nSPS) is 11.0. The van der Waals surface area contributed by atoms with Crippen molar-refractivity contribution in [2.45, 2.75) is 27.7 Å². The summed E-state index contributed by atoms with van der Waals surface area (Å²) < 4.78 is 5.82. The number of rotatable bonds is 6. The fourth-order valence-electron chi connectivity index (χ4n) is 2.49. The zero-order chi connectivity index (χ0) is 21.0.